The van der Waals surface area contributed by atoms with Gasteiger partial charge in [-0.25, -0.2) is 0 Å². The first-order chi connectivity index (χ1) is 18.3. The Bertz CT molecular complexity index is 1060. The van der Waals surface area contributed by atoms with Crippen LogP contribution in [0.25, 0.3) is 11.1 Å². The van der Waals surface area contributed by atoms with Crippen molar-refractivity contribution in [2.45, 2.75) is 83.2 Å². The lowest BCUT2D eigenvalue weighted by Gasteiger charge is -2.24. The Labute approximate surface area is 221 Å². The summed E-state index contributed by atoms with van der Waals surface area (Å²) in [6.07, 6.45) is 11.4. The number of nitrogens with one attached hydrogen (secondary N) is 2. The maximum Gasteiger partial charge on any atom is 0.198 e. The fourth-order valence-corrected chi connectivity index (χ4v) is 5.80. The number of hydrogen-bond acceptors (Lipinski definition) is 6. The highest BCUT2D eigenvalue weighted by molar-refractivity contribution is 6.25. The van der Waals surface area contributed by atoms with Crippen molar-refractivity contribution < 1.29 is 19.0 Å². The van der Waals surface area contributed by atoms with Crippen LogP contribution in [0, 0.1) is 0 Å². The van der Waals surface area contributed by atoms with Crippen LogP contribution in [0.4, 0.5) is 0 Å². The normalized spacial score (nSPS) is 20.8. The van der Waals surface area contributed by atoms with E-state index >= 15 is 0 Å². The van der Waals surface area contributed by atoms with Crippen LogP contribution in [0.15, 0.2) is 30.3 Å². The molecule has 2 unspecified atom stereocenters. The maximum atomic E-state index is 13.7. The van der Waals surface area contributed by atoms with E-state index in [-0.39, 0.29) is 5.78 Å². The zero-order chi connectivity index (χ0) is 25.5. The second kappa shape index (κ2) is 12.8. The number of piperidine rings is 2. The van der Waals surface area contributed by atoms with Crippen molar-refractivity contribution in [3.05, 3.63) is 41.5 Å². The standard InChI is InChI=1S/C31H42N2O4/c1-2-3-19-35-26-13-14-27(37-21-16-23-10-5-7-18-33-23)30-29(26)28-24(31(30)34)11-8-12-25(28)36-20-15-22-9-4-6-17-32-22/h8,11-14,22-23,32-33H,2-7,9-10,15-21H2,1H3. The topological polar surface area (TPSA) is 68.8 Å². The summed E-state index contributed by atoms with van der Waals surface area (Å²) in [7, 11) is 0. The molecule has 0 aromatic heterocycles. The summed E-state index contributed by atoms with van der Waals surface area (Å²) in [5, 5.41) is 7.17. The molecule has 2 aliphatic heterocycles. The lowest BCUT2D eigenvalue weighted by Crippen LogP contribution is -2.35. The molecule has 0 spiro atoms. The first-order valence-electron chi connectivity index (χ1n) is 14.5. The lowest BCUT2D eigenvalue weighted by atomic mass is 10.0. The second-order valence-corrected chi connectivity index (χ2v) is 10.6. The van der Waals surface area contributed by atoms with E-state index < -0.39 is 0 Å². The third kappa shape index (κ3) is 6.12. The molecule has 6 heteroatoms. The molecular weight excluding hydrogens is 464 g/mol. The molecule has 2 atom stereocenters. The van der Waals surface area contributed by atoms with Gasteiger partial charge in [0.1, 0.15) is 17.2 Å². The number of fused-ring (bicyclic) bond motifs is 3. The molecule has 5 rings (SSSR count). The average Bonchev–Trinajstić information content (AvgIpc) is 3.25. The van der Waals surface area contributed by atoms with Crippen LogP contribution in [0.5, 0.6) is 17.2 Å². The second-order valence-electron chi connectivity index (χ2n) is 10.6. The summed E-state index contributed by atoms with van der Waals surface area (Å²) in [6.45, 7) is 6.15. The van der Waals surface area contributed by atoms with Gasteiger partial charge in [-0.2, -0.15) is 0 Å². The van der Waals surface area contributed by atoms with Gasteiger partial charge in [-0.1, -0.05) is 38.3 Å². The van der Waals surface area contributed by atoms with Crippen molar-refractivity contribution >= 4 is 5.78 Å². The number of hydrogen-bond donors (Lipinski definition) is 2. The van der Waals surface area contributed by atoms with Gasteiger partial charge < -0.3 is 24.8 Å². The molecule has 2 aromatic rings. The molecule has 0 amide bonds. The third-order valence-electron chi connectivity index (χ3n) is 7.90. The number of benzene rings is 2. The molecule has 0 radical (unpaired) electrons. The van der Waals surface area contributed by atoms with Crippen LogP contribution in [-0.4, -0.2) is 50.8 Å². The summed E-state index contributed by atoms with van der Waals surface area (Å²) in [5.74, 6) is 2.13. The van der Waals surface area contributed by atoms with E-state index in [1.807, 2.05) is 30.3 Å². The molecule has 1 aliphatic carbocycles. The lowest BCUT2D eigenvalue weighted by molar-refractivity contribution is 0.103. The van der Waals surface area contributed by atoms with Crippen molar-refractivity contribution in [3.63, 3.8) is 0 Å². The fourth-order valence-electron chi connectivity index (χ4n) is 5.80. The Balaban J connectivity index is 1.38. The predicted molar refractivity (Wildman–Crippen MR) is 147 cm³/mol. The van der Waals surface area contributed by atoms with Crippen LogP contribution in [-0.2, 0) is 0 Å². The number of ether oxygens (including phenoxy) is 3. The third-order valence-corrected chi connectivity index (χ3v) is 7.90. The van der Waals surface area contributed by atoms with Gasteiger partial charge in [0, 0.05) is 28.8 Å². The molecule has 2 heterocycles. The first kappa shape index (κ1) is 26.1. The van der Waals surface area contributed by atoms with Crippen LogP contribution < -0.4 is 24.8 Å². The molecule has 3 aliphatic rings. The highest BCUT2D eigenvalue weighted by Crippen LogP contribution is 2.50. The van der Waals surface area contributed by atoms with Gasteiger partial charge in [0.05, 0.1) is 25.4 Å². The Morgan fingerprint density at radius 1 is 0.730 bits per heavy atom. The molecule has 2 N–H and O–H groups in total. The Morgan fingerprint density at radius 3 is 1.92 bits per heavy atom. The summed E-state index contributed by atoms with van der Waals surface area (Å²) in [4.78, 5) is 13.7. The molecule has 2 aromatic carbocycles. The summed E-state index contributed by atoms with van der Waals surface area (Å²) in [5.41, 5.74) is 2.97. The molecule has 37 heavy (non-hydrogen) atoms. The zero-order valence-corrected chi connectivity index (χ0v) is 22.3. The minimum absolute atomic E-state index is 0.00358. The minimum atomic E-state index is -0.00358. The Kier molecular flexibility index (Phi) is 9.01. The molecule has 2 fully saturated rings. The minimum Gasteiger partial charge on any atom is -0.493 e. The smallest absolute Gasteiger partial charge is 0.198 e. The average molecular weight is 507 g/mol. The van der Waals surface area contributed by atoms with Crippen molar-refractivity contribution in [3.8, 4) is 28.4 Å². The fraction of sp³-hybridized carbons (Fsp3) is 0.581. The summed E-state index contributed by atoms with van der Waals surface area (Å²) >= 11 is 0. The number of carbonyl (C=O) groups is 1. The largest absolute Gasteiger partial charge is 0.493 e. The van der Waals surface area contributed by atoms with E-state index in [0.717, 1.165) is 61.4 Å². The van der Waals surface area contributed by atoms with Crippen molar-refractivity contribution in [1.82, 2.24) is 10.6 Å². The number of ketones is 1. The number of carbonyl (C=O) groups excluding carboxylic acids is 1. The van der Waals surface area contributed by atoms with Crippen LogP contribution in [0.1, 0.15) is 87.1 Å². The van der Waals surface area contributed by atoms with Gasteiger partial charge in [-0.3, -0.25) is 4.79 Å². The highest BCUT2D eigenvalue weighted by Gasteiger charge is 2.35. The van der Waals surface area contributed by atoms with Gasteiger partial charge in [-0.15, -0.1) is 0 Å². The summed E-state index contributed by atoms with van der Waals surface area (Å²) in [6, 6.07) is 10.7. The van der Waals surface area contributed by atoms with E-state index in [0.29, 0.717) is 48.8 Å². The van der Waals surface area contributed by atoms with E-state index in [9.17, 15) is 4.79 Å². The van der Waals surface area contributed by atoms with Crippen molar-refractivity contribution in [2.75, 3.05) is 32.9 Å². The van der Waals surface area contributed by atoms with Crippen LogP contribution >= 0.6 is 0 Å². The van der Waals surface area contributed by atoms with Gasteiger partial charge in [0.2, 0.25) is 0 Å². The SMILES string of the molecule is CCCCOc1ccc(OCCC2CCCCN2)c2c1-c1c(OCCC3CCCCN3)cccc1C2=O. The van der Waals surface area contributed by atoms with Crippen LogP contribution in [0.2, 0.25) is 0 Å². The molecular formula is C31H42N2O4. The van der Waals surface area contributed by atoms with Crippen molar-refractivity contribution in [1.29, 1.82) is 0 Å². The quantitative estimate of drug-likeness (QED) is 0.298. The Hall–Kier alpha value is -2.57. The van der Waals surface area contributed by atoms with Gasteiger partial charge in [0.15, 0.2) is 5.78 Å². The van der Waals surface area contributed by atoms with E-state index in [4.69, 9.17) is 14.2 Å². The monoisotopic (exact) mass is 506 g/mol. The predicted octanol–water partition coefficient (Wildman–Crippen LogP) is 5.90. The molecule has 6 nitrogen and oxygen atoms in total. The first-order valence-corrected chi connectivity index (χ1v) is 14.5. The summed E-state index contributed by atoms with van der Waals surface area (Å²) < 4.78 is 18.8. The maximum absolute atomic E-state index is 13.7. The highest BCUT2D eigenvalue weighted by atomic mass is 16.5. The molecule has 2 saturated heterocycles. The molecule has 0 bridgehead atoms. The van der Waals surface area contributed by atoms with Gasteiger partial charge in [-0.05, 0) is 76.2 Å². The van der Waals surface area contributed by atoms with Gasteiger partial charge in [0.25, 0.3) is 0 Å². The number of rotatable bonds is 12. The Morgan fingerprint density at radius 2 is 1.32 bits per heavy atom. The molecule has 200 valence electrons. The van der Waals surface area contributed by atoms with E-state index in [1.54, 1.807) is 0 Å². The number of unbranched alkanes of at least 4 members (excludes halogenated alkanes) is 1. The molecule has 0 saturated carbocycles. The van der Waals surface area contributed by atoms with E-state index in [2.05, 4.69) is 17.6 Å². The van der Waals surface area contributed by atoms with Crippen LogP contribution in [0.3, 0.4) is 0 Å². The zero-order valence-electron chi connectivity index (χ0n) is 22.3. The van der Waals surface area contributed by atoms with E-state index in [1.165, 1.54) is 38.5 Å². The van der Waals surface area contributed by atoms with Crippen molar-refractivity contribution in [2.24, 2.45) is 0 Å². The van der Waals surface area contributed by atoms with Gasteiger partial charge >= 0.3 is 0 Å².